The lowest BCUT2D eigenvalue weighted by Crippen LogP contribution is -2.39. The molecular weight excluding hydrogens is 322 g/mol. The van der Waals surface area contributed by atoms with Crippen LogP contribution >= 0.6 is 0 Å². The fraction of sp³-hybridized carbons (Fsp3) is 0.278. The molecular formula is C18H19N3O2S. The highest BCUT2D eigenvalue weighted by Gasteiger charge is 2.28. The molecule has 1 aliphatic heterocycles. The van der Waals surface area contributed by atoms with E-state index in [1.807, 2.05) is 55.5 Å². The molecule has 0 fully saturated rings. The van der Waals surface area contributed by atoms with Crippen LogP contribution < -0.4 is 0 Å². The van der Waals surface area contributed by atoms with Crippen molar-refractivity contribution < 1.29 is 8.42 Å². The van der Waals surface area contributed by atoms with E-state index in [2.05, 4.69) is 9.55 Å². The summed E-state index contributed by atoms with van der Waals surface area (Å²) < 4.78 is 29.2. The Kier molecular flexibility index (Phi) is 3.66. The minimum atomic E-state index is -3.35. The van der Waals surface area contributed by atoms with E-state index >= 15 is 0 Å². The topological polar surface area (TPSA) is 55.2 Å². The molecule has 3 aromatic rings. The van der Waals surface area contributed by atoms with Crippen molar-refractivity contribution in [2.45, 2.75) is 25.8 Å². The number of benzene rings is 2. The van der Waals surface area contributed by atoms with Crippen molar-refractivity contribution in [3.8, 4) is 0 Å². The van der Waals surface area contributed by atoms with Crippen LogP contribution in [0, 0.1) is 6.92 Å². The van der Waals surface area contributed by atoms with E-state index < -0.39 is 10.0 Å². The molecule has 1 aliphatic rings. The van der Waals surface area contributed by atoms with Gasteiger partial charge in [-0.3, -0.25) is 0 Å². The molecule has 1 aromatic heterocycles. The Morgan fingerprint density at radius 3 is 2.58 bits per heavy atom. The predicted octanol–water partition coefficient (Wildman–Crippen LogP) is 2.69. The zero-order valence-electron chi connectivity index (χ0n) is 13.5. The lowest BCUT2D eigenvalue weighted by molar-refractivity contribution is 0.338. The van der Waals surface area contributed by atoms with Crippen molar-refractivity contribution in [2.75, 3.05) is 6.54 Å². The first-order chi connectivity index (χ1) is 11.5. The second kappa shape index (κ2) is 5.72. The van der Waals surface area contributed by atoms with Gasteiger partial charge in [0.1, 0.15) is 5.82 Å². The maximum absolute atomic E-state index is 12.8. The Balaban J connectivity index is 1.60. The molecule has 5 nitrogen and oxygen atoms in total. The Bertz CT molecular complexity index is 991. The number of nitrogens with zero attached hydrogens (tertiary/aromatic N) is 3. The number of hydrogen-bond donors (Lipinski definition) is 0. The third-order valence-electron chi connectivity index (χ3n) is 4.49. The Morgan fingerprint density at radius 2 is 1.79 bits per heavy atom. The van der Waals surface area contributed by atoms with Gasteiger partial charge < -0.3 is 4.57 Å². The molecule has 0 saturated carbocycles. The zero-order chi connectivity index (χ0) is 16.7. The van der Waals surface area contributed by atoms with Gasteiger partial charge in [-0.2, -0.15) is 4.31 Å². The highest BCUT2D eigenvalue weighted by molar-refractivity contribution is 7.88. The summed E-state index contributed by atoms with van der Waals surface area (Å²) in [5.74, 6) is 0.850. The lowest BCUT2D eigenvalue weighted by atomic mass is 10.2. The van der Waals surface area contributed by atoms with Crippen LogP contribution in [0.25, 0.3) is 11.0 Å². The van der Waals surface area contributed by atoms with E-state index in [4.69, 9.17) is 0 Å². The second-order valence-electron chi connectivity index (χ2n) is 6.24. The van der Waals surface area contributed by atoms with Gasteiger partial charge in [-0.1, -0.05) is 42.0 Å². The van der Waals surface area contributed by atoms with Crippen LogP contribution in [0.3, 0.4) is 0 Å². The van der Waals surface area contributed by atoms with E-state index in [0.29, 0.717) is 19.6 Å². The minimum absolute atomic E-state index is 0.0352. The second-order valence-corrected chi connectivity index (χ2v) is 8.21. The molecule has 2 aromatic carbocycles. The summed E-state index contributed by atoms with van der Waals surface area (Å²) in [5.41, 5.74) is 3.94. The van der Waals surface area contributed by atoms with Gasteiger partial charge in [0, 0.05) is 13.1 Å². The lowest BCUT2D eigenvalue weighted by Gasteiger charge is -2.27. The van der Waals surface area contributed by atoms with Crippen molar-refractivity contribution in [1.29, 1.82) is 0 Å². The summed E-state index contributed by atoms with van der Waals surface area (Å²) in [4.78, 5) is 4.59. The number of para-hydroxylation sites is 2. The number of hydrogen-bond acceptors (Lipinski definition) is 3. The largest absolute Gasteiger partial charge is 0.326 e. The maximum Gasteiger partial charge on any atom is 0.218 e. The molecule has 0 radical (unpaired) electrons. The third-order valence-corrected chi connectivity index (χ3v) is 6.28. The first kappa shape index (κ1) is 15.4. The third kappa shape index (κ3) is 2.72. The molecule has 0 unspecified atom stereocenters. The minimum Gasteiger partial charge on any atom is -0.326 e. The van der Waals surface area contributed by atoms with Crippen LogP contribution in [0.1, 0.15) is 17.0 Å². The quantitative estimate of drug-likeness (QED) is 0.736. The fourth-order valence-corrected chi connectivity index (χ4v) is 4.64. The summed E-state index contributed by atoms with van der Waals surface area (Å²) >= 11 is 0. The van der Waals surface area contributed by atoms with Crippen molar-refractivity contribution in [3.63, 3.8) is 0 Å². The highest BCUT2D eigenvalue weighted by Crippen LogP contribution is 2.23. The van der Waals surface area contributed by atoms with Crippen LogP contribution in [0.2, 0.25) is 0 Å². The fourth-order valence-electron chi connectivity index (χ4n) is 3.17. The van der Waals surface area contributed by atoms with Crippen molar-refractivity contribution >= 4 is 21.1 Å². The Labute approximate surface area is 141 Å². The number of imidazole rings is 1. The van der Waals surface area contributed by atoms with Crippen LogP contribution in [-0.2, 0) is 28.9 Å². The normalized spacial score (nSPS) is 15.5. The molecule has 0 amide bonds. The first-order valence-corrected chi connectivity index (χ1v) is 9.61. The van der Waals surface area contributed by atoms with E-state index in [-0.39, 0.29) is 5.75 Å². The van der Waals surface area contributed by atoms with Crippen molar-refractivity contribution in [3.05, 3.63) is 65.5 Å². The van der Waals surface area contributed by atoms with Crippen LogP contribution in [0.15, 0.2) is 48.5 Å². The highest BCUT2D eigenvalue weighted by atomic mass is 32.2. The molecule has 0 bridgehead atoms. The molecule has 24 heavy (non-hydrogen) atoms. The Hall–Kier alpha value is -2.18. The maximum atomic E-state index is 12.8. The number of fused-ring (bicyclic) bond motifs is 3. The van der Waals surface area contributed by atoms with Gasteiger partial charge in [-0.25, -0.2) is 13.4 Å². The summed E-state index contributed by atoms with van der Waals surface area (Å²) in [5, 5.41) is 0. The summed E-state index contributed by atoms with van der Waals surface area (Å²) in [6.07, 6.45) is 0. The average molecular weight is 341 g/mol. The van der Waals surface area contributed by atoms with Gasteiger partial charge in [0.05, 0.1) is 23.3 Å². The molecule has 2 heterocycles. The van der Waals surface area contributed by atoms with Gasteiger partial charge in [-0.15, -0.1) is 0 Å². The van der Waals surface area contributed by atoms with Gasteiger partial charge in [0.2, 0.25) is 10.0 Å². The van der Waals surface area contributed by atoms with Gasteiger partial charge in [-0.05, 0) is 24.6 Å². The van der Waals surface area contributed by atoms with Crippen LogP contribution in [0.5, 0.6) is 0 Å². The van der Waals surface area contributed by atoms with E-state index in [1.54, 1.807) is 4.31 Å². The average Bonchev–Trinajstić information content (AvgIpc) is 2.94. The van der Waals surface area contributed by atoms with Gasteiger partial charge in [0.15, 0.2) is 0 Å². The number of rotatable bonds is 3. The Morgan fingerprint density at radius 1 is 1.04 bits per heavy atom. The molecule has 0 N–H and O–H groups in total. The zero-order valence-corrected chi connectivity index (χ0v) is 14.3. The molecule has 4 rings (SSSR count). The molecule has 0 spiro atoms. The summed E-state index contributed by atoms with van der Waals surface area (Å²) in [6, 6.07) is 15.6. The van der Waals surface area contributed by atoms with E-state index in [9.17, 15) is 8.42 Å². The number of aryl methyl sites for hydroxylation is 1. The van der Waals surface area contributed by atoms with E-state index in [0.717, 1.165) is 28.0 Å². The molecule has 0 atom stereocenters. The molecule has 0 aliphatic carbocycles. The predicted molar refractivity (Wildman–Crippen MR) is 93.9 cm³/mol. The van der Waals surface area contributed by atoms with Gasteiger partial charge >= 0.3 is 0 Å². The standard InChI is InChI=1S/C18H19N3O2S/c1-14-6-8-15(9-7-14)13-24(22,23)20-10-11-21-17-5-3-2-4-16(17)19-18(21)12-20/h2-9H,10-13H2,1H3. The number of sulfonamides is 1. The molecule has 6 heteroatoms. The smallest absolute Gasteiger partial charge is 0.218 e. The molecule has 0 saturated heterocycles. The monoisotopic (exact) mass is 341 g/mol. The molecule has 124 valence electrons. The van der Waals surface area contributed by atoms with Crippen LogP contribution in [0.4, 0.5) is 0 Å². The first-order valence-electron chi connectivity index (χ1n) is 8.00. The summed E-state index contributed by atoms with van der Waals surface area (Å²) in [7, 11) is -3.35. The van der Waals surface area contributed by atoms with Crippen molar-refractivity contribution in [1.82, 2.24) is 13.9 Å². The van der Waals surface area contributed by atoms with E-state index in [1.165, 1.54) is 0 Å². The van der Waals surface area contributed by atoms with Crippen molar-refractivity contribution in [2.24, 2.45) is 0 Å². The van der Waals surface area contributed by atoms with Crippen LogP contribution in [-0.4, -0.2) is 28.8 Å². The summed E-state index contributed by atoms with van der Waals surface area (Å²) in [6.45, 7) is 3.46. The SMILES string of the molecule is Cc1ccc(CS(=O)(=O)N2CCn3c(nc4ccccc43)C2)cc1. The number of aromatic nitrogens is 2. The van der Waals surface area contributed by atoms with Gasteiger partial charge in [0.25, 0.3) is 0 Å².